The number of carboxylic acids is 1. The smallest absolute Gasteiger partial charge is 0.341 e. The zero-order valence-electron chi connectivity index (χ0n) is 14.2. The van der Waals surface area contributed by atoms with Crippen molar-refractivity contribution >= 4 is 35.5 Å². The van der Waals surface area contributed by atoms with Gasteiger partial charge in [0.25, 0.3) is 0 Å². The maximum Gasteiger partial charge on any atom is 0.341 e. The number of carbonyl (C=O) groups is 2. The summed E-state index contributed by atoms with van der Waals surface area (Å²) >= 11 is 6.01. The van der Waals surface area contributed by atoms with Crippen LogP contribution in [0.4, 0.5) is 10.5 Å². The van der Waals surface area contributed by atoms with Crippen LogP contribution in [0.25, 0.3) is 0 Å². The van der Waals surface area contributed by atoms with Crippen LogP contribution in [0.15, 0.2) is 41.5 Å². The second kappa shape index (κ2) is 8.87. The van der Waals surface area contributed by atoms with Gasteiger partial charge in [-0.05, 0) is 49.2 Å². The van der Waals surface area contributed by atoms with E-state index in [9.17, 15) is 9.59 Å². The highest BCUT2D eigenvalue weighted by Crippen LogP contribution is 2.24. The van der Waals surface area contributed by atoms with Gasteiger partial charge in [0.1, 0.15) is 5.75 Å². The lowest BCUT2D eigenvalue weighted by Gasteiger charge is -2.08. The zero-order valence-corrected chi connectivity index (χ0v) is 15.0. The van der Waals surface area contributed by atoms with Gasteiger partial charge in [0.2, 0.25) is 0 Å². The number of amides is 2. The van der Waals surface area contributed by atoms with Crippen LogP contribution in [0, 0.1) is 13.8 Å². The van der Waals surface area contributed by atoms with E-state index < -0.39 is 18.6 Å². The van der Waals surface area contributed by atoms with Gasteiger partial charge in [0.15, 0.2) is 6.61 Å². The average molecular weight is 376 g/mol. The Morgan fingerprint density at radius 1 is 1.23 bits per heavy atom. The van der Waals surface area contributed by atoms with Gasteiger partial charge in [-0.25, -0.2) is 15.0 Å². The number of benzene rings is 2. The molecule has 0 unspecified atom stereocenters. The highest BCUT2D eigenvalue weighted by Gasteiger charge is 2.06. The van der Waals surface area contributed by atoms with Gasteiger partial charge in [-0.1, -0.05) is 29.3 Å². The fourth-order valence-electron chi connectivity index (χ4n) is 2.12. The maximum absolute atomic E-state index is 11.9. The van der Waals surface area contributed by atoms with E-state index in [2.05, 4.69) is 15.8 Å². The summed E-state index contributed by atoms with van der Waals surface area (Å²) in [6.45, 7) is 3.40. The summed E-state index contributed by atoms with van der Waals surface area (Å²) in [7, 11) is 0. The summed E-state index contributed by atoms with van der Waals surface area (Å²) < 4.78 is 5.03. The first-order valence-electron chi connectivity index (χ1n) is 7.66. The number of urea groups is 1. The number of hydrogen-bond donors (Lipinski definition) is 3. The summed E-state index contributed by atoms with van der Waals surface area (Å²) in [5.74, 6) is -0.836. The highest BCUT2D eigenvalue weighted by atomic mass is 35.5. The van der Waals surface area contributed by atoms with E-state index in [0.29, 0.717) is 11.3 Å². The molecule has 0 atom stereocenters. The largest absolute Gasteiger partial charge is 0.480 e. The van der Waals surface area contributed by atoms with Crippen molar-refractivity contribution in [2.45, 2.75) is 13.8 Å². The lowest BCUT2D eigenvalue weighted by Crippen LogP contribution is -2.24. The number of aryl methyl sites for hydroxylation is 2. The Bertz CT molecular complexity index is 852. The summed E-state index contributed by atoms with van der Waals surface area (Å²) in [6, 6.07) is 9.94. The first kappa shape index (κ1) is 19.3. The highest BCUT2D eigenvalue weighted by molar-refractivity contribution is 6.32. The number of carbonyl (C=O) groups excluding carboxylic acids is 1. The number of anilines is 1. The molecule has 0 radical (unpaired) electrons. The van der Waals surface area contributed by atoms with Crippen LogP contribution < -0.4 is 15.5 Å². The van der Waals surface area contributed by atoms with Crippen LogP contribution in [0.5, 0.6) is 5.75 Å². The fourth-order valence-corrected chi connectivity index (χ4v) is 2.37. The van der Waals surface area contributed by atoms with E-state index in [0.717, 1.165) is 11.1 Å². The average Bonchev–Trinajstić information content (AvgIpc) is 2.56. The molecule has 2 rings (SSSR count). The standard InChI is InChI=1S/C18H18ClN3O4/c1-11-3-5-15(12(2)7-11)21-18(25)22-20-9-13-4-6-16(14(19)8-13)26-10-17(23)24/h3-9H,10H2,1-2H3,(H,23,24)(H2,21,22,25)/b20-9+. The molecule has 2 aromatic carbocycles. The van der Waals surface area contributed by atoms with Gasteiger partial charge >= 0.3 is 12.0 Å². The Balaban J connectivity index is 1.92. The fraction of sp³-hybridized carbons (Fsp3) is 0.167. The number of aliphatic carboxylic acids is 1. The van der Waals surface area contributed by atoms with E-state index >= 15 is 0 Å². The molecule has 2 amide bonds. The second-order valence-electron chi connectivity index (χ2n) is 5.51. The van der Waals surface area contributed by atoms with E-state index in [4.69, 9.17) is 21.4 Å². The normalized spacial score (nSPS) is 10.6. The molecule has 136 valence electrons. The minimum absolute atomic E-state index is 0.245. The lowest BCUT2D eigenvalue weighted by atomic mass is 10.1. The molecule has 0 bridgehead atoms. The molecular weight excluding hydrogens is 358 g/mol. The Morgan fingerprint density at radius 2 is 2.00 bits per heavy atom. The van der Waals surface area contributed by atoms with E-state index in [1.807, 2.05) is 32.0 Å². The number of hydrazone groups is 1. The molecule has 2 aromatic rings. The van der Waals surface area contributed by atoms with Gasteiger partial charge < -0.3 is 15.2 Å². The summed E-state index contributed by atoms with van der Waals surface area (Å²) in [6.07, 6.45) is 1.41. The molecule has 7 nitrogen and oxygen atoms in total. The summed E-state index contributed by atoms with van der Waals surface area (Å²) in [5, 5.41) is 15.4. The predicted octanol–water partition coefficient (Wildman–Crippen LogP) is 3.58. The molecule has 0 spiro atoms. The second-order valence-corrected chi connectivity index (χ2v) is 5.92. The van der Waals surface area contributed by atoms with Gasteiger partial charge in [-0.15, -0.1) is 0 Å². The summed E-state index contributed by atoms with van der Waals surface area (Å²) in [5.41, 5.74) is 5.74. The number of hydrogen-bond acceptors (Lipinski definition) is 4. The molecule has 8 heteroatoms. The molecule has 3 N–H and O–H groups in total. The van der Waals surface area contributed by atoms with Crippen molar-refractivity contribution in [2.75, 3.05) is 11.9 Å². The lowest BCUT2D eigenvalue weighted by molar-refractivity contribution is -0.139. The Hall–Kier alpha value is -3.06. The van der Waals surface area contributed by atoms with Crippen LogP contribution in [-0.4, -0.2) is 29.9 Å². The first-order valence-corrected chi connectivity index (χ1v) is 8.04. The molecule has 0 aliphatic carbocycles. The Kier molecular flexibility index (Phi) is 6.57. The van der Waals surface area contributed by atoms with Crippen LogP contribution in [-0.2, 0) is 4.79 Å². The Labute approximate surface area is 155 Å². The Morgan fingerprint density at radius 3 is 2.65 bits per heavy atom. The molecular formula is C18H18ClN3O4. The third kappa shape index (κ3) is 5.78. The van der Waals surface area contributed by atoms with Crippen molar-refractivity contribution in [1.82, 2.24) is 5.43 Å². The molecule has 0 aromatic heterocycles. The number of ether oxygens (including phenoxy) is 1. The van der Waals surface area contributed by atoms with E-state index in [1.165, 1.54) is 12.3 Å². The maximum atomic E-state index is 11.9. The minimum Gasteiger partial charge on any atom is -0.480 e. The van der Waals surface area contributed by atoms with Crippen LogP contribution in [0.2, 0.25) is 5.02 Å². The molecule has 0 saturated carbocycles. The van der Waals surface area contributed by atoms with Crippen LogP contribution in [0.3, 0.4) is 0 Å². The summed E-state index contributed by atoms with van der Waals surface area (Å²) in [4.78, 5) is 22.4. The zero-order chi connectivity index (χ0) is 19.1. The van der Waals surface area contributed by atoms with Gasteiger partial charge in [0.05, 0.1) is 11.2 Å². The number of nitrogens with one attached hydrogen (secondary N) is 2. The van der Waals surface area contributed by atoms with Crippen molar-refractivity contribution in [3.05, 3.63) is 58.1 Å². The number of halogens is 1. The van der Waals surface area contributed by atoms with Crippen molar-refractivity contribution in [1.29, 1.82) is 0 Å². The number of nitrogens with zero attached hydrogens (tertiary/aromatic N) is 1. The molecule has 0 fully saturated rings. The predicted molar refractivity (Wildman–Crippen MR) is 100 cm³/mol. The van der Waals surface area contributed by atoms with E-state index in [-0.39, 0.29) is 10.8 Å². The third-order valence-corrected chi connectivity index (χ3v) is 3.61. The van der Waals surface area contributed by atoms with Crippen LogP contribution >= 0.6 is 11.6 Å². The molecule has 0 aliphatic heterocycles. The number of rotatable bonds is 6. The SMILES string of the molecule is Cc1ccc(NC(=O)N/N=C/c2ccc(OCC(=O)O)c(Cl)c2)c(C)c1. The molecule has 26 heavy (non-hydrogen) atoms. The minimum atomic E-state index is -1.09. The topological polar surface area (TPSA) is 100 Å². The quantitative estimate of drug-likeness (QED) is 0.530. The van der Waals surface area contributed by atoms with Crippen molar-refractivity contribution < 1.29 is 19.4 Å². The molecule has 0 heterocycles. The van der Waals surface area contributed by atoms with Crippen LogP contribution in [0.1, 0.15) is 16.7 Å². The third-order valence-electron chi connectivity index (χ3n) is 3.32. The first-order chi connectivity index (χ1) is 12.3. The van der Waals surface area contributed by atoms with Gasteiger partial charge in [0, 0.05) is 5.69 Å². The van der Waals surface area contributed by atoms with Gasteiger partial charge in [-0.2, -0.15) is 5.10 Å². The van der Waals surface area contributed by atoms with Crippen molar-refractivity contribution in [3.63, 3.8) is 0 Å². The number of carboxylic acid groups (broad SMARTS) is 1. The van der Waals surface area contributed by atoms with E-state index in [1.54, 1.807) is 12.1 Å². The molecule has 0 aliphatic rings. The van der Waals surface area contributed by atoms with Crippen molar-refractivity contribution in [3.8, 4) is 5.75 Å². The molecule has 0 saturated heterocycles. The van der Waals surface area contributed by atoms with Gasteiger partial charge in [-0.3, -0.25) is 0 Å². The monoisotopic (exact) mass is 375 g/mol. The van der Waals surface area contributed by atoms with Crippen molar-refractivity contribution in [2.24, 2.45) is 5.10 Å².